The van der Waals surface area contributed by atoms with Crippen LogP contribution in [0, 0.1) is 5.92 Å². The Morgan fingerprint density at radius 2 is 2.05 bits per heavy atom. The molecule has 0 saturated heterocycles. The molecule has 5 atom stereocenters. The summed E-state index contributed by atoms with van der Waals surface area (Å²) in [7, 11) is -6.63. The fourth-order valence-corrected chi connectivity index (χ4v) is 5.62. The minimum absolute atomic E-state index is 0. The van der Waals surface area contributed by atoms with Crippen LogP contribution in [0.1, 0.15) is 21.5 Å². The van der Waals surface area contributed by atoms with Crippen LogP contribution in [0.3, 0.4) is 0 Å². The van der Waals surface area contributed by atoms with Crippen LogP contribution in [0.2, 0.25) is 0 Å². The van der Waals surface area contributed by atoms with E-state index in [1.54, 1.807) is 44.2 Å². The lowest BCUT2D eigenvalue weighted by Gasteiger charge is -2.23. The van der Waals surface area contributed by atoms with Gasteiger partial charge in [-0.05, 0) is 23.6 Å². The van der Waals surface area contributed by atoms with Gasteiger partial charge < -0.3 is 29.4 Å². The van der Waals surface area contributed by atoms with Crippen LogP contribution in [0.15, 0.2) is 54.9 Å². The first-order valence-corrected chi connectivity index (χ1v) is 14.7. The Hall–Kier alpha value is -3.36. The number of carbonyl (C=O) groups is 1. The number of benzene rings is 1. The summed E-state index contributed by atoms with van der Waals surface area (Å²) in [6.45, 7) is 3.48. The lowest BCUT2D eigenvalue weighted by Crippen LogP contribution is -2.22. The number of para-hydroxylation sites is 1. The van der Waals surface area contributed by atoms with Gasteiger partial charge in [-0.25, -0.2) is 24.6 Å². The van der Waals surface area contributed by atoms with E-state index >= 15 is 0 Å². The highest BCUT2D eigenvalue weighted by Gasteiger charge is 2.36. The highest BCUT2D eigenvalue weighted by Crippen LogP contribution is 2.49. The van der Waals surface area contributed by atoms with Gasteiger partial charge in [0.15, 0.2) is 29.8 Å². The highest BCUT2D eigenvalue weighted by atomic mass is 31.2. The van der Waals surface area contributed by atoms with E-state index in [9.17, 15) is 13.8 Å². The van der Waals surface area contributed by atoms with Crippen LogP contribution in [-0.2, 0) is 32.8 Å². The molecule has 218 valence electrons. The Labute approximate surface area is 229 Å². The smallest absolute Gasteiger partial charge is 0.521 e. The molecule has 0 fully saturated rings. The van der Waals surface area contributed by atoms with Crippen LogP contribution in [0.25, 0.3) is 11.2 Å². The molecule has 0 amide bonds. The lowest BCUT2D eigenvalue weighted by atomic mass is 10.2. The molecule has 1 aromatic carbocycles. The number of halogens is 1. The minimum atomic E-state index is -3.58. The molecule has 3 heterocycles. The standard InChI is InChI=1S/C22H25FN5O6P.HO4P.H2/c1-3-31-22(29)14(2)10-35(30,34-15-7-5-4-6-8-15)13-32-17-9-16(23)21(33-17)28-12-27-18-19(24)25-11-26-20(18)28;1-4-5(2)3;/h4-9,11-12,14,17,21H,3,10,13H2,1-2H3,(H2,24,25,26);1H;1H/t14-,17?,21-,35-;;/m1../s1. The number of nitrogens with two attached hydrogens (primary N) is 1. The van der Waals surface area contributed by atoms with E-state index in [1.165, 1.54) is 17.2 Å². The summed E-state index contributed by atoms with van der Waals surface area (Å²) in [4.78, 5) is 33.1. The van der Waals surface area contributed by atoms with E-state index in [4.69, 9.17) is 39.2 Å². The third kappa shape index (κ3) is 8.32. The van der Waals surface area contributed by atoms with Crippen molar-refractivity contribution < 1.29 is 53.3 Å². The maximum Gasteiger partial charge on any atom is 0.521 e. The molecule has 4 rings (SSSR count). The van der Waals surface area contributed by atoms with Crippen molar-refractivity contribution in [1.82, 2.24) is 19.5 Å². The molecule has 2 unspecified atom stereocenters. The van der Waals surface area contributed by atoms with Gasteiger partial charge >= 0.3 is 14.2 Å². The van der Waals surface area contributed by atoms with Crippen molar-refractivity contribution in [3.05, 3.63) is 54.9 Å². The summed E-state index contributed by atoms with van der Waals surface area (Å²) in [6.07, 6.45) is 0.762. The van der Waals surface area contributed by atoms with Gasteiger partial charge in [0.25, 0.3) is 7.37 Å². The van der Waals surface area contributed by atoms with E-state index in [0.717, 1.165) is 6.08 Å². The molecule has 0 saturated carbocycles. The average molecular weight is 603 g/mol. The van der Waals surface area contributed by atoms with Gasteiger partial charge in [0.05, 0.1) is 25.0 Å². The van der Waals surface area contributed by atoms with Gasteiger partial charge in [0, 0.05) is 12.2 Å². The number of nitrogen functional groups attached to an aromatic ring is 1. The fraction of sp³-hybridized carbons (Fsp3) is 0.364. The zero-order valence-corrected chi connectivity index (χ0v) is 23.0. The summed E-state index contributed by atoms with van der Waals surface area (Å²) >= 11 is 0. The Balaban J connectivity index is 0.000000902. The quantitative estimate of drug-likeness (QED) is 0.139. The summed E-state index contributed by atoms with van der Waals surface area (Å²) in [5.41, 5.74) is 6.38. The first kappa shape index (κ1) is 31.2. The molecule has 15 nitrogen and oxygen atoms in total. The third-order valence-electron chi connectivity index (χ3n) is 5.19. The predicted molar refractivity (Wildman–Crippen MR) is 138 cm³/mol. The Bertz CT molecular complexity index is 1400. The molecule has 18 heteroatoms. The summed E-state index contributed by atoms with van der Waals surface area (Å²) in [5, 5.41) is 7.05. The molecule has 40 heavy (non-hydrogen) atoms. The molecular weight excluding hydrogens is 575 g/mol. The topological polar surface area (TPSA) is 210 Å². The van der Waals surface area contributed by atoms with Gasteiger partial charge in [-0.2, -0.15) is 0 Å². The Kier molecular flexibility index (Phi) is 11.2. The Morgan fingerprint density at radius 1 is 1.35 bits per heavy atom. The van der Waals surface area contributed by atoms with Gasteiger partial charge in [-0.3, -0.25) is 13.9 Å². The van der Waals surface area contributed by atoms with Gasteiger partial charge in [-0.15, -0.1) is 0 Å². The number of carbonyl (C=O) groups excluding carboxylic acids is 1. The number of ether oxygens (including phenoxy) is 3. The third-order valence-corrected chi connectivity index (χ3v) is 7.52. The fourth-order valence-electron chi connectivity index (χ4n) is 3.52. The van der Waals surface area contributed by atoms with E-state index in [-0.39, 0.29) is 25.7 Å². The predicted octanol–water partition coefficient (Wildman–Crippen LogP) is 3.39. The molecule has 3 aromatic rings. The number of nitrogens with zero attached hydrogens (tertiary/aromatic N) is 4. The van der Waals surface area contributed by atoms with Crippen molar-refractivity contribution in [2.24, 2.45) is 5.92 Å². The number of hydrogen-bond donors (Lipinski definition) is 2. The van der Waals surface area contributed by atoms with E-state index in [2.05, 4.69) is 19.6 Å². The van der Waals surface area contributed by atoms with Crippen molar-refractivity contribution in [2.45, 2.75) is 26.4 Å². The van der Waals surface area contributed by atoms with E-state index in [0.29, 0.717) is 11.3 Å². The Morgan fingerprint density at radius 3 is 2.70 bits per heavy atom. The van der Waals surface area contributed by atoms with Crippen LogP contribution in [-0.4, -0.2) is 56.2 Å². The van der Waals surface area contributed by atoms with Crippen LogP contribution >= 0.6 is 15.6 Å². The van der Waals surface area contributed by atoms with Crippen molar-refractivity contribution in [3.63, 3.8) is 0 Å². The number of rotatable bonds is 11. The largest absolute Gasteiger partial charge is 0.565 e. The number of hydrogen-bond acceptors (Lipinski definition) is 14. The molecule has 1 aliphatic heterocycles. The molecule has 1 aliphatic rings. The zero-order valence-electron chi connectivity index (χ0n) is 21.2. The van der Waals surface area contributed by atoms with Crippen molar-refractivity contribution >= 4 is 38.6 Å². The number of anilines is 1. The monoisotopic (exact) mass is 603 g/mol. The van der Waals surface area contributed by atoms with E-state index < -0.39 is 52.2 Å². The summed E-state index contributed by atoms with van der Waals surface area (Å²) < 4.78 is 63.5. The molecule has 0 spiro atoms. The summed E-state index contributed by atoms with van der Waals surface area (Å²) in [5.74, 6) is -1.35. The second kappa shape index (κ2) is 14.3. The van der Waals surface area contributed by atoms with Crippen molar-refractivity contribution in [1.29, 1.82) is 0 Å². The zero-order chi connectivity index (χ0) is 29.3. The molecule has 0 aliphatic carbocycles. The van der Waals surface area contributed by atoms with Crippen LogP contribution in [0.4, 0.5) is 10.2 Å². The first-order chi connectivity index (χ1) is 19.1. The van der Waals surface area contributed by atoms with Crippen LogP contribution in [0.5, 0.6) is 5.75 Å². The lowest BCUT2D eigenvalue weighted by molar-refractivity contribution is -0.244. The minimum Gasteiger partial charge on any atom is -0.565 e. The molecular formula is C22H28FN5O10P2. The van der Waals surface area contributed by atoms with Gasteiger partial charge in [-0.1, -0.05) is 25.1 Å². The second-order valence-electron chi connectivity index (χ2n) is 8.15. The number of fused-ring (bicyclic) bond motifs is 1. The first-order valence-electron chi connectivity index (χ1n) is 11.6. The maximum absolute atomic E-state index is 14.8. The van der Waals surface area contributed by atoms with Crippen molar-refractivity contribution in [2.75, 3.05) is 24.9 Å². The average Bonchev–Trinajstić information content (AvgIpc) is 3.52. The number of esters is 1. The number of aromatic nitrogens is 4. The SMILES string of the molecule is CCOC(=O)[C@H](C)C[P@](=O)(COC1C=C(F)[C@H](n2cnc3c(N)ncnc32)O1)Oc1ccccc1.O=[P+]([O-])OO.[HH]. The van der Waals surface area contributed by atoms with Gasteiger partial charge in [0.2, 0.25) is 0 Å². The van der Waals surface area contributed by atoms with Crippen molar-refractivity contribution in [3.8, 4) is 5.75 Å². The van der Waals surface area contributed by atoms with Gasteiger partial charge in [0.1, 0.15) is 23.9 Å². The maximum atomic E-state index is 14.8. The number of imidazole rings is 1. The van der Waals surface area contributed by atoms with E-state index in [1.807, 2.05) is 0 Å². The molecule has 2 aromatic heterocycles. The van der Waals surface area contributed by atoms with Crippen LogP contribution < -0.4 is 15.2 Å². The normalized spacial score (nSPS) is 19.1. The molecule has 0 radical (unpaired) electrons. The molecule has 3 N–H and O–H groups in total. The highest BCUT2D eigenvalue weighted by molar-refractivity contribution is 7.59. The molecule has 0 bridgehead atoms. The second-order valence-corrected chi connectivity index (χ2v) is 11.2. The summed E-state index contributed by atoms with van der Waals surface area (Å²) in [6, 6.07) is 8.52.